The van der Waals surface area contributed by atoms with Crippen LogP contribution in [0.25, 0.3) is 21.1 Å². The Morgan fingerprint density at radius 2 is 1.17 bits per heavy atom. The molecule has 2 bridgehead atoms. The Balaban J connectivity index is 2.02. The van der Waals surface area contributed by atoms with Gasteiger partial charge in [0.15, 0.2) is 0 Å². The smallest absolute Gasteiger partial charge is 0.419 e. The number of hydrogen-bond donors (Lipinski definition) is 0. The van der Waals surface area contributed by atoms with Gasteiger partial charge in [0.25, 0.3) is 0 Å². The molecule has 0 saturated heterocycles. The number of fused-ring (bicyclic) bond motifs is 6. The van der Waals surface area contributed by atoms with Crippen molar-refractivity contribution in [1.82, 2.24) is 9.47 Å². The summed E-state index contributed by atoms with van der Waals surface area (Å²) in [5.74, 6) is 0. The standard InChI is InChI=1S/C34H52N2O8P2S2/c1-10-40-45(38,41-11-2)29-22-25-16-14-20-35(24(5)6)21-15-17-26-23-30(46(39,42-12-3)43-13-4)48-32(26)28-19-18-27(31(25)47-29)36(28)33(37)44-34(7,8)9/h18-19,22-24H,10-17,20-21H2,1-9H3. The number of thiophene rings is 2. The average molecular weight is 743 g/mol. The Bertz CT molecular complexity index is 1520. The van der Waals surface area contributed by atoms with Gasteiger partial charge in [-0.3, -0.25) is 9.13 Å². The molecule has 4 heterocycles. The molecule has 3 aromatic heterocycles. The molecule has 0 fully saturated rings. The maximum atomic E-state index is 14.2. The van der Waals surface area contributed by atoms with Crippen LogP contribution >= 0.6 is 37.9 Å². The molecule has 0 spiro atoms. The first kappa shape index (κ1) is 39.2. The summed E-state index contributed by atoms with van der Waals surface area (Å²) in [6, 6.07) is 8.04. The molecule has 0 aromatic carbocycles. The predicted molar refractivity (Wildman–Crippen MR) is 197 cm³/mol. The van der Waals surface area contributed by atoms with Crippen molar-refractivity contribution in [3.8, 4) is 21.1 Å². The van der Waals surface area contributed by atoms with Crippen LogP contribution in [-0.4, -0.2) is 66.7 Å². The molecule has 3 aromatic rings. The van der Waals surface area contributed by atoms with Crippen molar-refractivity contribution >= 4 is 53.2 Å². The zero-order chi connectivity index (χ0) is 35.3. The van der Waals surface area contributed by atoms with E-state index >= 15 is 0 Å². The third kappa shape index (κ3) is 9.00. The van der Waals surface area contributed by atoms with E-state index in [2.05, 4.69) is 18.7 Å². The Hall–Kier alpha value is -1.59. The lowest BCUT2D eigenvalue weighted by Crippen LogP contribution is -2.33. The highest BCUT2D eigenvalue weighted by molar-refractivity contribution is 7.69. The van der Waals surface area contributed by atoms with Gasteiger partial charge in [-0.15, -0.1) is 22.7 Å². The molecule has 10 nitrogen and oxygen atoms in total. The molecule has 1 aliphatic heterocycles. The molecule has 268 valence electrons. The summed E-state index contributed by atoms with van der Waals surface area (Å²) in [6.45, 7) is 19.8. The molecular formula is C34H52N2O8P2S2. The molecule has 4 rings (SSSR count). The number of hydrogen-bond acceptors (Lipinski definition) is 11. The van der Waals surface area contributed by atoms with Crippen molar-refractivity contribution in [3.05, 3.63) is 35.4 Å². The van der Waals surface area contributed by atoms with Gasteiger partial charge >= 0.3 is 21.3 Å². The van der Waals surface area contributed by atoms with Crippen LogP contribution in [0.3, 0.4) is 0 Å². The highest BCUT2D eigenvalue weighted by atomic mass is 32.1. The minimum atomic E-state index is -3.60. The minimum Gasteiger partial charge on any atom is -0.443 e. The van der Waals surface area contributed by atoms with E-state index in [9.17, 15) is 13.9 Å². The van der Waals surface area contributed by atoms with Crippen LogP contribution in [0.5, 0.6) is 0 Å². The zero-order valence-corrected chi connectivity index (χ0v) is 33.3. The van der Waals surface area contributed by atoms with Crippen molar-refractivity contribution in [2.24, 2.45) is 0 Å². The number of nitrogens with zero attached hydrogens (tertiary/aromatic N) is 2. The number of carbonyl (C=O) groups is 1. The fourth-order valence-electron chi connectivity index (χ4n) is 5.78. The highest BCUT2D eigenvalue weighted by Gasteiger charge is 2.35. The normalized spacial score (nSPS) is 15.3. The largest absolute Gasteiger partial charge is 0.443 e. The van der Waals surface area contributed by atoms with Crippen LogP contribution in [0.1, 0.15) is 86.3 Å². The number of carbonyl (C=O) groups excluding carboxylic acids is 1. The second-order valence-corrected chi connectivity index (χ2v) is 19.5. The van der Waals surface area contributed by atoms with Gasteiger partial charge in [0.2, 0.25) is 0 Å². The van der Waals surface area contributed by atoms with Gasteiger partial charge in [-0.25, -0.2) is 9.36 Å². The van der Waals surface area contributed by atoms with E-state index < -0.39 is 26.9 Å². The molecule has 0 amide bonds. The summed E-state index contributed by atoms with van der Waals surface area (Å²) in [5.41, 5.74) is 2.43. The third-order valence-corrected chi connectivity index (χ3v) is 15.4. The van der Waals surface area contributed by atoms with Crippen LogP contribution < -0.4 is 9.24 Å². The van der Waals surface area contributed by atoms with E-state index in [4.69, 9.17) is 22.8 Å². The summed E-state index contributed by atoms with van der Waals surface area (Å²) in [5, 5.41) is 0. The number of rotatable bonds is 11. The van der Waals surface area contributed by atoms with Crippen molar-refractivity contribution in [1.29, 1.82) is 0 Å². The van der Waals surface area contributed by atoms with Crippen LogP contribution in [0.2, 0.25) is 0 Å². The summed E-state index contributed by atoms with van der Waals surface area (Å²) in [6.07, 6.45) is 2.63. The van der Waals surface area contributed by atoms with E-state index in [0.29, 0.717) is 39.5 Å². The van der Waals surface area contributed by atoms with Crippen LogP contribution in [-0.2, 0) is 44.8 Å². The first-order valence-corrected chi connectivity index (χ1v) is 21.7. The summed E-state index contributed by atoms with van der Waals surface area (Å²) < 4.78 is 59.7. The number of aryl methyl sites for hydroxylation is 2. The predicted octanol–water partition coefficient (Wildman–Crippen LogP) is 9.10. The Kier molecular flexibility index (Phi) is 13.6. The Labute approximate surface area is 294 Å². The van der Waals surface area contributed by atoms with E-state index in [0.717, 1.165) is 46.8 Å². The summed E-state index contributed by atoms with van der Waals surface area (Å²) in [4.78, 5) is 18.3. The Morgan fingerprint density at radius 3 is 1.50 bits per heavy atom. The first-order chi connectivity index (χ1) is 22.7. The monoisotopic (exact) mass is 742 g/mol. The Morgan fingerprint density at radius 1 is 0.771 bits per heavy atom. The minimum absolute atomic E-state index is 0.235. The van der Waals surface area contributed by atoms with Gasteiger partial charge in [0, 0.05) is 6.04 Å². The number of ether oxygens (including phenoxy) is 1. The van der Waals surface area contributed by atoms with E-state index in [1.54, 1.807) is 32.3 Å². The summed E-state index contributed by atoms with van der Waals surface area (Å²) in [7, 11) is -7.19. The van der Waals surface area contributed by atoms with Gasteiger partial charge in [-0.1, -0.05) is 0 Å². The van der Waals surface area contributed by atoms with E-state index in [1.165, 1.54) is 22.7 Å². The van der Waals surface area contributed by atoms with E-state index in [1.807, 2.05) is 45.0 Å². The molecule has 14 heteroatoms. The highest BCUT2D eigenvalue weighted by Crippen LogP contribution is 2.53. The maximum Gasteiger partial charge on any atom is 0.419 e. The summed E-state index contributed by atoms with van der Waals surface area (Å²) >= 11 is 2.67. The lowest BCUT2D eigenvalue weighted by Gasteiger charge is -2.27. The van der Waals surface area contributed by atoms with Crippen molar-refractivity contribution in [3.63, 3.8) is 0 Å². The van der Waals surface area contributed by atoms with Gasteiger partial charge in [0.05, 0.1) is 47.6 Å². The van der Waals surface area contributed by atoms with Gasteiger partial charge in [-0.2, -0.15) is 0 Å². The molecule has 0 radical (unpaired) electrons. The lowest BCUT2D eigenvalue weighted by atomic mass is 10.1. The maximum absolute atomic E-state index is 14.2. The molecule has 0 unspecified atom stereocenters. The molecule has 0 saturated carbocycles. The molecule has 1 aliphatic rings. The molecule has 0 atom stereocenters. The average Bonchev–Trinajstić information content (AvgIpc) is 3.72. The van der Waals surface area contributed by atoms with Crippen LogP contribution in [0, 0.1) is 0 Å². The van der Waals surface area contributed by atoms with Crippen molar-refractivity contribution in [2.75, 3.05) is 39.5 Å². The van der Waals surface area contributed by atoms with Gasteiger partial charge in [-0.05, 0) is 136 Å². The number of aromatic nitrogens is 1. The fourth-order valence-corrected chi connectivity index (χ4v) is 12.4. The second-order valence-electron chi connectivity index (χ2n) is 12.8. The van der Waals surface area contributed by atoms with Crippen LogP contribution in [0.4, 0.5) is 4.79 Å². The molecule has 48 heavy (non-hydrogen) atoms. The van der Waals surface area contributed by atoms with Gasteiger partial charge in [0.1, 0.15) is 14.8 Å². The molecular weight excluding hydrogens is 690 g/mol. The van der Waals surface area contributed by atoms with Gasteiger partial charge < -0.3 is 27.7 Å². The second kappa shape index (κ2) is 16.6. The van der Waals surface area contributed by atoms with Crippen molar-refractivity contribution in [2.45, 2.75) is 99.6 Å². The van der Waals surface area contributed by atoms with Crippen molar-refractivity contribution < 1.29 is 36.8 Å². The fraction of sp³-hybridized carbons (Fsp3) is 0.618. The molecule has 0 N–H and O–H groups in total. The topological polar surface area (TPSA) is 106 Å². The lowest BCUT2D eigenvalue weighted by molar-refractivity contribution is 0.0543. The van der Waals surface area contributed by atoms with E-state index in [-0.39, 0.29) is 26.4 Å². The quantitative estimate of drug-likeness (QED) is 0.178. The first-order valence-electron chi connectivity index (χ1n) is 16.9. The zero-order valence-electron chi connectivity index (χ0n) is 29.8. The van der Waals surface area contributed by atoms with Crippen LogP contribution in [0.15, 0.2) is 24.3 Å². The third-order valence-electron chi connectivity index (χ3n) is 7.76. The molecule has 0 aliphatic carbocycles. The SMILES string of the molecule is CCOP(=O)(OCC)c1cc2c(s1)-c1ccc(n1C(=O)OC(C)(C)C)-c1sc(P(=O)(OCC)OCC)cc1CCCN(C(C)C)CCC2.